The molecule has 5 nitrogen and oxygen atoms in total. The standard InChI is InChI=1S/C18H31N3O2/c1-5-15-14(10-20-21(15)11-13(2)3)17(23)19-12-18(4)9-7-6-8-16(18)22/h10,13,16,22H,5-9,11-12H2,1-4H3,(H,19,23). The smallest absolute Gasteiger partial charge is 0.254 e. The molecule has 1 aliphatic carbocycles. The van der Waals surface area contributed by atoms with Crippen molar-refractivity contribution in [1.29, 1.82) is 0 Å². The summed E-state index contributed by atoms with van der Waals surface area (Å²) in [7, 11) is 0. The van der Waals surface area contributed by atoms with Gasteiger partial charge in [0.15, 0.2) is 0 Å². The highest BCUT2D eigenvalue weighted by atomic mass is 16.3. The van der Waals surface area contributed by atoms with E-state index in [0.717, 1.165) is 44.3 Å². The van der Waals surface area contributed by atoms with E-state index in [1.165, 1.54) is 0 Å². The van der Waals surface area contributed by atoms with Gasteiger partial charge in [-0.15, -0.1) is 0 Å². The molecule has 1 saturated carbocycles. The molecule has 1 aromatic rings. The largest absolute Gasteiger partial charge is 0.392 e. The molecular formula is C18H31N3O2. The number of hydrogen-bond acceptors (Lipinski definition) is 3. The first kappa shape index (κ1) is 18.0. The molecule has 1 heterocycles. The predicted octanol–water partition coefficient (Wildman–Crippen LogP) is 2.77. The molecule has 1 amide bonds. The van der Waals surface area contributed by atoms with E-state index in [4.69, 9.17) is 0 Å². The summed E-state index contributed by atoms with van der Waals surface area (Å²) >= 11 is 0. The van der Waals surface area contributed by atoms with Crippen molar-refractivity contribution >= 4 is 5.91 Å². The molecule has 1 aromatic heterocycles. The van der Waals surface area contributed by atoms with Gasteiger partial charge in [-0.05, 0) is 25.2 Å². The first-order chi connectivity index (χ1) is 10.9. The summed E-state index contributed by atoms with van der Waals surface area (Å²) in [5.41, 5.74) is 1.45. The third-order valence-electron chi connectivity index (χ3n) is 5.00. The lowest BCUT2D eigenvalue weighted by Gasteiger charge is -2.38. The Bertz CT molecular complexity index is 538. The lowest BCUT2D eigenvalue weighted by molar-refractivity contribution is 0.00190. The lowest BCUT2D eigenvalue weighted by atomic mass is 9.73. The van der Waals surface area contributed by atoms with Crippen molar-refractivity contribution in [1.82, 2.24) is 15.1 Å². The molecule has 2 rings (SSSR count). The highest BCUT2D eigenvalue weighted by molar-refractivity contribution is 5.95. The van der Waals surface area contributed by atoms with Crippen LogP contribution in [-0.4, -0.2) is 33.4 Å². The molecule has 0 aliphatic heterocycles. The number of aliphatic hydroxyl groups excluding tert-OH is 1. The summed E-state index contributed by atoms with van der Waals surface area (Å²) in [4.78, 5) is 12.6. The second kappa shape index (κ2) is 7.47. The van der Waals surface area contributed by atoms with E-state index in [1.807, 2.05) is 4.68 Å². The van der Waals surface area contributed by atoms with Gasteiger partial charge < -0.3 is 10.4 Å². The molecule has 0 aromatic carbocycles. The molecular weight excluding hydrogens is 290 g/mol. The van der Waals surface area contributed by atoms with Crippen LogP contribution in [0, 0.1) is 11.3 Å². The summed E-state index contributed by atoms with van der Waals surface area (Å²) in [5, 5.41) is 17.7. The maximum absolute atomic E-state index is 12.6. The Hall–Kier alpha value is -1.36. The van der Waals surface area contributed by atoms with Gasteiger partial charge in [0.1, 0.15) is 0 Å². The van der Waals surface area contributed by atoms with Crippen LogP contribution in [0.15, 0.2) is 6.20 Å². The highest BCUT2D eigenvalue weighted by Gasteiger charge is 2.35. The fraction of sp³-hybridized carbons (Fsp3) is 0.778. The molecule has 1 aliphatic rings. The zero-order valence-corrected chi connectivity index (χ0v) is 14.9. The van der Waals surface area contributed by atoms with Gasteiger partial charge in [-0.1, -0.05) is 40.5 Å². The van der Waals surface area contributed by atoms with Crippen LogP contribution in [0.25, 0.3) is 0 Å². The van der Waals surface area contributed by atoms with Crippen molar-refractivity contribution in [3.8, 4) is 0 Å². The van der Waals surface area contributed by atoms with E-state index < -0.39 is 0 Å². The molecule has 0 spiro atoms. The average Bonchev–Trinajstić information content (AvgIpc) is 2.90. The summed E-state index contributed by atoms with van der Waals surface area (Å²) < 4.78 is 1.94. The van der Waals surface area contributed by atoms with Crippen molar-refractivity contribution in [3.63, 3.8) is 0 Å². The number of nitrogens with one attached hydrogen (secondary N) is 1. The zero-order valence-electron chi connectivity index (χ0n) is 14.9. The minimum absolute atomic E-state index is 0.0733. The fourth-order valence-electron chi connectivity index (χ4n) is 3.44. The summed E-state index contributed by atoms with van der Waals surface area (Å²) in [5.74, 6) is 0.420. The minimum Gasteiger partial charge on any atom is -0.392 e. The van der Waals surface area contributed by atoms with Gasteiger partial charge in [-0.25, -0.2) is 0 Å². The maximum atomic E-state index is 12.6. The van der Waals surface area contributed by atoms with E-state index in [9.17, 15) is 9.90 Å². The van der Waals surface area contributed by atoms with Gasteiger partial charge in [0.05, 0.1) is 23.6 Å². The molecule has 2 unspecified atom stereocenters. The Morgan fingerprint density at radius 1 is 1.52 bits per heavy atom. The Balaban J connectivity index is 2.04. The first-order valence-corrected chi connectivity index (χ1v) is 8.88. The molecule has 2 atom stereocenters. The van der Waals surface area contributed by atoms with Gasteiger partial charge in [-0.2, -0.15) is 5.10 Å². The van der Waals surface area contributed by atoms with Crippen LogP contribution in [-0.2, 0) is 13.0 Å². The van der Waals surface area contributed by atoms with E-state index in [1.54, 1.807) is 6.20 Å². The van der Waals surface area contributed by atoms with E-state index in [2.05, 4.69) is 38.1 Å². The zero-order chi connectivity index (χ0) is 17.0. The number of hydrogen-bond donors (Lipinski definition) is 2. The van der Waals surface area contributed by atoms with Crippen molar-refractivity contribution in [2.75, 3.05) is 6.54 Å². The molecule has 0 saturated heterocycles. The Labute approximate surface area is 139 Å². The molecule has 2 N–H and O–H groups in total. The number of carbonyl (C=O) groups excluding carboxylic acids is 1. The number of carbonyl (C=O) groups is 1. The third kappa shape index (κ3) is 4.14. The molecule has 23 heavy (non-hydrogen) atoms. The summed E-state index contributed by atoms with van der Waals surface area (Å²) in [6.07, 6.45) is 6.13. The molecule has 1 fully saturated rings. The summed E-state index contributed by atoms with van der Waals surface area (Å²) in [6, 6.07) is 0. The fourth-order valence-corrected chi connectivity index (χ4v) is 3.44. The Morgan fingerprint density at radius 3 is 2.87 bits per heavy atom. The first-order valence-electron chi connectivity index (χ1n) is 8.88. The van der Waals surface area contributed by atoms with Crippen LogP contribution in [0.5, 0.6) is 0 Å². The quantitative estimate of drug-likeness (QED) is 0.846. The van der Waals surface area contributed by atoms with Gasteiger partial charge in [0.2, 0.25) is 0 Å². The van der Waals surface area contributed by atoms with Gasteiger partial charge in [-0.3, -0.25) is 9.48 Å². The molecule has 0 bridgehead atoms. The van der Waals surface area contributed by atoms with E-state index >= 15 is 0 Å². The van der Waals surface area contributed by atoms with Crippen molar-refractivity contribution in [2.24, 2.45) is 11.3 Å². The lowest BCUT2D eigenvalue weighted by Crippen LogP contribution is -2.45. The van der Waals surface area contributed by atoms with E-state index in [0.29, 0.717) is 18.0 Å². The van der Waals surface area contributed by atoms with Crippen LogP contribution < -0.4 is 5.32 Å². The van der Waals surface area contributed by atoms with Crippen molar-refractivity contribution in [3.05, 3.63) is 17.5 Å². The second-order valence-corrected chi connectivity index (χ2v) is 7.53. The highest BCUT2D eigenvalue weighted by Crippen LogP contribution is 2.35. The average molecular weight is 321 g/mol. The van der Waals surface area contributed by atoms with Crippen LogP contribution in [0.1, 0.15) is 69.4 Å². The molecule has 0 radical (unpaired) electrons. The number of aliphatic hydroxyl groups is 1. The monoisotopic (exact) mass is 321 g/mol. The van der Waals surface area contributed by atoms with Crippen LogP contribution in [0.4, 0.5) is 0 Å². The minimum atomic E-state index is -0.328. The van der Waals surface area contributed by atoms with Crippen molar-refractivity contribution < 1.29 is 9.90 Å². The van der Waals surface area contributed by atoms with Crippen molar-refractivity contribution in [2.45, 2.75) is 72.4 Å². The number of aromatic nitrogens is 2. The second-order valence-electron chi connectivity index (χ2n) is 7.53. The maximum Gasteiger partial charge on any atom is 0.254 e. The predicted molar refractivity (Wildman–Crippen MR) is 91.4 cm³/mol. The Kier molecular flexibility index (Phi) is 5.84. The van der Waals surface area contributed by atoms with E-state index in [-0.39, 0.29) is 17.4 Å². The number of rotatable bonds is 6. The number of nitrogens with zero attached hydrogens (tertiary/aromatic N) is 2. The number of amides is 1. The third-order valence-corrected chi connectivity index (χ3v) is 5.00. The van der Waals surface area contributed by atoms with Gasteiger partial charge >= 0.3 is 0 Å². The summed E-state index contributed by atoms with van der Waals surface area (Å²) in [6.45, 7) is 9.76. The molecule has 130 valence electrons. The van der Waals surface area contributed by atoms with Gasteiger partial charge in [0, 0.05) is 18.5 Å². The van der Waals surface area contributed by atoms with Crippen LogP contribution in [0.2, 0.25) is 0 Å². The van der Waals surface area contributed by atoms with Gasteiger partial charge in [0.25, 0.3) is 5.91 Å². The van der Waals surface area contributed by atoms with Crippen LogP contribution >= 0.6 is 0 Å². The SMILES string of the molecule is CCc1c(C(=O)NCC2(C)CCCCC2O)cnn1CC(C)C. The van der Waals surface area contributed by atoms with Crippen LogP contribution in [0.3, 0.4) is 0 Å². The Morgan fingerprint density at radius 2 is 2.26 bits per heavy atom. The normalized spacial score (nSPS) is 24.9. The topological polar surface area (TPSA) is 67.2 Å². The molecule has 5 heteroatoms.